The van der Waals surface area contributed by atoms with Crippen molar-refractivity contribution in [1.29, 1.82) is 0 Å². The lowest BCUT2D eigenvalue weighted by Crippen LogP contribution is -2.36. The minimum atomic E-state index is -0.807. The zero-order valence-electron chi connectivity index (χ0n) is 11.5. The number of fused-ring (bicyclic) bond motifs is 1. The topological polar surface area (TPSA) is 61.8 Å². The van der Waals surface area contributed by atoms with E-state index in [1.165, 1.54) is 18.4 Å². The molecule has 1 saturated carbocycles. The van der Waals surface area contributed by atoms with Gasteiger partial charge in [0.15, 0.2) is 0 Å². The number of anilines is 1. The van der Waals surface area contributed by atoms with Gasteiger partial charge in [-0.3, -0.25) is 4.79 Å². The first-order valence-corrected chi connectivity index (χ1v) is 7.18. The summed E-state index contributed by atoms with van der Waals surface area (Å²) in [6.45, 7) is 2.18. The minimum absolute atomic E-state index is 0.0279. The van der Waals surface area contributed by atoms with Crippen LogP contribution < -0.4 is 15.0 Å². The molecule has 3 rings (SSSR count). The molecule has 0 bridgehead atoms. The van der Waals surface area contributed by atoms with E-state index in [0.29, 0.717) is 13.2 Å². The van der Waals surface area contributed by atoms with Crippen LogP contribution in [0.1, 0.15) is 18.4 Å². The fraction of sp³-hybridized carbons (Fsp3) is 0.533. The van der Waals surface area contributed by atoms with Gasteiger partial charge in [-0.1, -0.05) is 6.07 Å². The van der Waals surface area contributed by atoms with Crippen LogP contribution in [0.25, 0.3) is 0 Å². The highest BCUT2D eigenvalue weighted by Crippen LogP contribution is 2.32. The van der Waals surface area contributed by atoms with E-state index in [4.69, 9.17) is 9.84 Å². The zero-order valence-corrected chi connectivity index (χ0v) is 11.5. The van der Waals surface area contributed by atoms with Gasteiger partial charge >= 0.3 is 5.97 Å². The number of nitrogens with zero attached hydrogens (tertiary/aromatic N) is 1. The summed E-state index contributed by atoms with van der Waals surface area (Å²) in [5.74, 6) is -0.0185. The third-order valence-electron chi connectivity index (χ3n) is 3.73. The number of carboxylic acid groups (broad SMARTS) is 1. The van der Waals surface area contributed by atoms with Crippen LogP contribution in [0.2, 0.25) is 0 Å². The molecular formula is C15H20N2O3. The first-order valence-electron chi connectivity index (χ1n) is 7.18. The van der Waals surface area contributed by atoms with Gasteiger partial charge in [0.1, 0.15) is 18.9 Å². The third kappa shape index (κ3) is 3.22. The van der Waals surface area contributed by atoms with E-state index in [2.05, 4.69) is 17.4 Å². The van der Waals surface area contributed by atoms with Gasteiger partial charge in [0, 0.05) is 6.04 Å². The molecule has 1 fully saturated rings. The first-order chi connectivity index (χ1) is 9.72. The van der Waals surface area contributed by atoms with Crippen molar-refractivity contribution in [2.24, 2.45) is 0 Å². The highest BCUT2D eigenvalue weighted by atomic mass is 16.5. The van der Waals surface area contributed by atoms with Crippen LogP contribution in [0.15, 0.2) is 18.2 Å². The van der Waals surface area contributed by atoms with Crippen molar-refractivity contribution in [3.05, 3.63) is 23.8 Å². The fourth-order valence-electron chi connectivity index (χ4n) is 2.51. The Balaban J connectivity index is 1.68. The van der Waals surface area contributed by atoms with Gasteiger partial charge in [0.25, 0.3) is 0 Å². The van der Waals surface area contributed by atoms with Crippen LogP contribution in [0.5, 0.6) is 5.75 Å². The molecule has 5 heteroatoms. The molecule has 0 saturated heterocycles. The molecule has 1 heterocycles. The Morgan fingerprint density at radius 1 is 1.45 bits per heavy atom. The Bertz CT molecular complexity index is 500. The number of aliphatic carboxylic acids is 1. The Morgan fingerprint density at radius 2 is 2.30 bits per heavy atom. The van der Waals surface area contributed by atoms with E-state index in [0.717, 1.165) is 30.4 Å². The summed E-state index contributed by atoms with van der Waals surface area (Å²) in [4.78, 5) is 12.8. The van der Waals surface area contributed by atoms with Crippen molar-refractivity contribution in [3.63, 3.8) is 0 Å². The van der Waals surface area contributed by atoms with Gasteiger partial charge in [0.05, 0.1) is 12.2 Å². The number of hydrogen-bond donors (Lipinski definition) is 2. The Kier molecular flexibility index (Phi) is 3.78. The van der Waals surface area contributed by atoms with Crippen LogP contribution in [0.4, 0.5) is 5.69 Å². The molecule has 2 N–H and O–H groups in total. The standard InChI is InChI=1S/C15H20N2O3/c18-15(19)10-17-7-8-20-14-4-1-11(9-13(14)17)5-6-16-12-2-3-12/h1,4,9,12,16H,2-3,5-8,10H2,(H,18,19). The van der Waals surface area contributed by atoms with E-state index in [9.17, 15) is 4.79 Å². The molecule has 1 aromatic rings. The van der Waals surface area contributed by atoms with E-state index in [1.54, 1.807) is 0 Å². The molecule has 0 atom stereocenters. The number of ether oxygens (including phenoxy) is 1. The highest BCUT2D eigenvalue weighted by Gasteiger charge is 2.21. The summed E-state index contributed by atoms with van der Waals surface area (Å²) in [6, 6.07) is 6.80. The van der Waals surface area contributed by atoms with Gasteiger partial charge < -0.3 is 20.1 Å². The van der Waals surface area contributed by atoms with Crippen LogP contribution in [-0.4, -0.2) is 43.4 Å². The number of rotatable bonds is 6. The average molecular weight is 276 g/mol. The summed E-state index contributed by atoms with van der Waals surface area (Å²) >= 11 is 0. The van der Waals surface area contributed by atoms with Crippen LogP contribution in [-0.2, 0) is 11.2 Å². The Labute approximate surface area is 118 Å². The summed E-state index contributed by atoms with van der Waals surface area (Å²) < 4.78 is 5.59. The van der Waals surface area contributed by atoms with E-state index in [-0.39, 0.29) is 6.54 Å². The summed E-state index contributed by atoms with van der Waals surface area (Å²) in [5, 5.41) is 12.5. The normalized spacial score (nSPS) is 17.5. The molecule has 1 aliphatic carbocycles. The lowest BCUT2D eigenvalue weighted by Gasteiger charge is -2.30. The quantitative estimate of drug-likeness (QED) is 0.819. The predicted molar refractivity (Wildman–Crippen MR) is 76.5 cm³/mol. The SMILES string of the molecule is O=C(O)CN1CCOc2ccc(CCNC3CC3)cc21. The molecule has 5 nitrogen and oxygen atoms in total. The molecule has 1 aromatic carbocycles. The van der Waals surface area contributed by atoms with E-state index < -0.39 is 5.97 Å². The van der Waals surface area contributed by atoms with Crippen LogP contribution in [0, 0.1) is 0 Å². The summed E-state index contributed by atoms with van der Waals surface area (Å²) in [5.41, 5.74) is 2.13. The van der Waals surface area contributed by atoms with Gasteiger partial charge in [-0.25, -0.2) is 0 Å². The largest absolute Gasteiger partial charge is 0.490 e. The summed E-state index contributed by atoms with van der Waals surface area (Å²) in [7, 11) is 0. The second-order valence-corrected chi connectivity index (χ2v) is 5.44. The van der Waals surface area contributed by atoms with E-state index in [1.807, 2.05) is 11.0 Å². The van der Waals surface area contributed by atoms with Crippen LogP contribution >= 0.6 is 0 Å². The summed E-state index contributed by atoms with van der Waals surface area (Å²) in [6.07, 6.45) is 3.56. The Hall–Kier alpha value is -1.75. The molecule has 20 heavy (non-hydrogen) atoms. The third-order valence-corrected chi connectivity index (χ3v) is 3.73. The van der Waals surface area contributed by atoms with E-state index >= 15 is 0 Å². The number of carboxylic acids is 1. The molecule has 1 aliphatic heterocycles. The zero-order chi connectivity index (χ0) is 13.9. The maximum Gasteiger partial charge on any atom is 0.323 e. The van der Waals surface area contributed by atoms with Crippen LogP contribution in [0.3, 0.4) is 0 Å². The van der Waals surface area contributed by atoms with Crippen molar-refractivity contribution in [2.45, 2.75) is 25.3 Å². The van der Waals surface area contributed by atoms with Crippen molar-refractivity contribution in [1.82, 2.24) is 5.32 Å². The lowest BCUT2D eigenvalue weighted by molar-refractivity contribution is -0.135. The molecular weight excluding hydrogens is 256 g/mol. The fourth-order valence-corrected chi connectivity index (χ4v) is 2.51. The second-order valence-electron chi connectivity index (χ2n) is 5.44. The monoisotopic (exact) mass is 276 g/mol. The molecule has 0 radical (unpaired) electrons. The molecule has 0 amide bonds. The smallest absolute Gasteiger partial charge is 0.323 e. The average Bonchev–Trinajstić information content (AvgIpc) is 3.23. The molecule has 2 aliphatic rings. The van der Waals surface area contributed by atoms with Gasteiger partial charge in [-0.2, -0.15) is 0 Å². The maximum atomic E-state index is 10.9. The number of nitrogens with one attached hydrogen (secondary N) is 1. The van der Waals surface area contributed by atoms with Crippen molar-refractivity contribution in [3.8, 4) is 5.75 Å². The minimum Gasteiger partial charge on any atom is -0.490 e. The molecule has 0 unspecified atom stereocenters. The highest BCUT2D eigenvalue weighted by molar-refractivity contribution is 5.75. The maximum absolute atomic E-state index is 10.9. The molecule has 0 spiro atoms. The first kappa shape index (κ1) is 13.2. The van der Waals surface area contributed by atoms with Crippen molar-refractivity contribution in [2.75, 3.05) is 31.1 Å². The molecule has 108 valence electrons. The van der Waals surface area contributed by atoms with Crippen molar-refractivity contribution < 1.29 is 14.6 Å². The predicted octanol–water partition coefficient (Wildman–Crippen LogP) is 1.26. The number of hydrogen-bond acceptors (Lipinski definition) is 4. The number of benzene rings is 1. The molecule has 0 aromatic heterocycles. The second kappa shape index (κ2) is 5.71. The van der Waals surface area contributed by atoms with Crippen molar-refractivity contribution >= 4 is 11.7 Å². The van der Waals surface area contributed by atoms with Gasteiger partial charge in [-0.15, -0.1) is 0 Å². The van der Waals surface area contributed by atoms with Gasteiger partial charge in [-0.05, 0) is 43.5 Å². The van der Waals surface area contributed by atoms with Gasteiger partial charge in [0.2, 0.25) is 0 Å². The number of carbonyl (C=O) groups is 1. The Morgan fingerprint density at radius 3 is 3.05 bits per heavy atom. The lowest BCUT2D eigenvalue weighted by atomic mass is 10.1.